The summed E-state index contributed by atoms with van der Waals surface area (Å²) in [5.41, 5.74) is 0.0711. The van der Waals surface area contributed by atoms with Gasteiger partial charge in [0.2, 0.25) is 0 Å². The van der Waals surface area contributed by atoms with Gasteiger partial charge in [-0.2, -0.15) is 0 Å². The molecule has 1 spiro atoms. The summed E-state index contributed by atoms with van der Waals surface area (Å²) < 4.78 is 6.28. The lowest BCUT2D eigenvalue weighted by Gasteiger charge is -2.35. The van der Waals surface area contributed by atoms with Crippen LogP contribution in [0.1, 0.15) is 58.3 Å². The maximum atomic E-state index is 12.4. The number of nitrogens with zero attached hydrogens (tertiary/aromatic N) is 1. The highest BCUT2D eigenvalue weighted by Crippen LogP contribution is 2.41. The zero-order chi connectivity index (χ0) is 17.2. The molecule has 136 valence electrons. The summed E-state index contributed by atoms with van der Waals surface area (Å²) >= 11 is 0. The molecule has 3 rings (SSSR count). The number of carboxylic acid groups (broad SMARTS) is 1. The SMILES string of the molecule is CC1CC(C(=O)O)CN(C(=O)NCC2CCC3(CCCCC3)O2)C1. The van der Waals surface area contributed by atoms with Crippen molar-refractivity contribution in [2.45, 2.75) is 70.0 Å². The molecular weight excluding hydrogens is 308 g/mol. The number of piperidine rings is 1. The lowest BCUT2D eigenvalue weighted by atomic mass is 9.83. The fraction of sp³-hybridized carbons (Fsp3) is 0.889. The number of urea groups is 1. The molecule has 3 unspecified atom stereocenters. The second kappa shape index (κ2) is 7.30. The van der Waals surface area contributed by atoms with E-state index in [1.54, 1.807) is 4.90 Å². The Labute approximate surface area is 143 Å². The van der Waals surface area contributed by atoms with Gasteiger partial charge in [-0.1, -0.05) is 26.2 Å². The van der Waals surface area contributed by atoms with Crippen molar-refractivity contribution in [2.24, 2.45) is 11.8 Å². The average molecular weight is 338 g/mol. The molecule has 0 bridgehead atoms. The van der Waals surface area contributed by atoms with Gasteiger partial charge in [0, 0.05) is 19.6 Å². The van der Waals surface area contributed by atoms with Gasteiger partial charge in [-0.25, -0.2) is 4.79 Å². The number of rotatable bonds is 3. The number of carbonyl (C=O) groups excluding carboxylic acids is 1. The minimum Gasteiger partial charge on any atom is -0.481 e. The normalized spacial score (nSPS) is 32.7. The molecule has 3 aliphatic rings. The van der Waals surface area contributed by atoms with Crippen LogP contribution >= 0.6 is 0 Å². The maximum absolute atomic E-state index is 12.4. The standard InChI is InChI=1S/C18H30N2O4/c1-13-9-14(16(21)22)12-20(11-13)17(23)19-10-15-5-8-18(24-15)6-3-2-4-7-18/h13-15H,2-12H2,1H3,(H,19,23)(H,21,22). The Bertz CT molecular complexity index is 476. The third-order valence-corrected chi connectivity index (χ3v) is 5.88. The molecule has 2 heterocycles. The molecule has 2 saturated heterocycles. The number of ether oxygens (including phenoxy) is 1. The third kappa shape index (κ3) is 4.02. The quantitative estimate of drug-likeness (QED) is 0.829. The molecule has 24 heavy (non-hydrogen) atoms. The number of likely N-dealkylation sites (tertiary alicyclic amines) is 1. The first-order valence-electron chi connectivity index (χ1n) is 9.41. The molecule has 3 atom stereocenters. The molecule has 0 aromatic carbocycles. The zero-order valence-electron chi connectivity index (χ0n) is 14.6. The first-order chi connectivity index (χ1) is 11.5. The van der Waals surface area contributed by atoms with Crippen molar-refractivity contribution in [1.29, 1.82) is 0 Å². The van der Waals surface area contributed by atoms with Crippen LogP contribution in [0.3, 0.4) is 0 Å². The van der Waals surface area contributed by atoms with Gasteiger partial charge in [0.25, 0.3) is 0 Å². The third-order valence-electron chi connectivity index (χ3n) is 5.88. The number of hydrogen-bond donors (Lipinski definition) is 2. The molecule has 0 aromatic heterocycles. The second-order valence-corrected chi connectivity index (χ2v) is 7.99. The molecule has 1 saturated carbocycles. The van der Waals surface area contributed by atoms with Crippen LogP contribution in [0.25, 0.3) is 0 Å². The van der Waals surface area contributed by atoms with E-state index in [1.807, 2.05) is 6.92 Å². The second-order valence-electron chi connectivity index (χ2n) is 7.99. The van der Waals surface area contributed by atoms with Gasteiger partial charge in [0.1, 0.15) is 0 Å². The monoisotopic (exact) mass is 338 g/mol. The number of aliphatic carboxylic acids is 1. The van der Waals surface area contributed by atoms with Crippen LogP contribution in [-0.4, -0.2) is 53.3 Å². The van der Waals surface area contributed by atoms with Gasteiger partial charge in [-0.05, 0) is 38.0 Å². The van der Waals surface area contributed by atoms with E-state index in [9.17, 15) is 14.7 Å². The van der Waals surface area contributed by atoms with Crippen LogP contribution in [0.15, 0.2) is 0 Å². The number of hydrogen-bond acceptors (Lipinski definition) is 3. The summed E-state index contributed by atoms with van der Waals surface area (Å²) in [6.45, 7) is 3.47. The maximum Gasteiger partial charge on any atom is 0.317 e. The van der Waals surface area contributed by atoms with Gasteiger partial charge in [0.05, 0.1) is 17.6 Å². The predicted octanol–water partition coefficient (Wildman–Crippen LogP) is 2.62. The van der Waals surface area contributed by atoms with Gasteiger partial charge in [-0.15, -0.1) is 0 Å². The summed E-state index contributed by atoms with van der Waals surface area (Å²) in [5, 5.41) is 12.2. The predicted molar refractivity (Wildman–Crippen MR) is 89.8 cm³/mol. The van der Waals surface area contributed by atoms with Crippen LogP contribution < -0.4 is 5.32 Å². The van der Waals surface area contributed by atoms with Crippen molar-refractivity contribution in [3.05, 3.63) is 0 Å². The average Bonchev–Trinajstić information content (AvgIpc) is 2.95. The van der Waals surface area contributed by atoms with Crippen molar-refractivity contribution in [3.63, 3.8) is 0 Å². The molecule has 1 aliphatic carbocycles. The molecular formula is C18H30N2O4. The summed E-state index contributed by atoms with van der Waals surface area (Å²) in [5.74, 6) is -1.04. The molecule has 6 nitrogen and oxygen atoms in total. The molecule has 0 radical (unpaired) electrons. The molecule has 2 N–H and O–H groups in total. The number of nitrogens with one attached hydrogen (secondary N) is 1. The van der Waals surface area contributed by atoms with E-state index in [0.29, 0.717) is 26.1 Å². The van der Waals surface area contributed by atoms with Gasteiger partial charge >= 0.3 is 12.0 Å². The first-order valence-corrected chi connectivity index (χ1v) is 9.41. The van der Waals surface area contributed by atoms with E-state index in [4.69, 9.17) is 4.74 Å². The summed E-state index contributed by atoms with van der Waals surface area (Å²) in [6, 6.07) is -0.152. The largest absolute Gasteiger partial charge is 0.481 e. The van der Waals surface area contributed by atoms with Crippen molar-refractivity contribution in [3.8, 4) is 0 Å². The van der Waals surface area contributed by atoms with Crippen LogP contribution in [0.5, 0.6) is 0 Å². The number of carbonyl (C=O) groups is 2. The summed E-state index contributed by atoms with van der Waals surface area (Å²) in [6.07, 6.45) is 8.98. The van der Waals surface area contributed by atoms with E-state index in [1.165, 1.54) is 19.3 Å². The molecule has 6 heteroatoms. The van der Waals surface area contributed by atoms with E-state index in [2.05, 4.69) is 5.32 Å². The van der Waals surface area contributed by atoms with Gasteiger partial charge in [-0.3, -0.25) is 4.79 Å². The van der Waals surface area contributed by atoms with Gasteiger partial charge < -0.3 is 20.1 Å². The molecule has 2 aliphatic heterocycles. The Morgan fingerprint density at radius 1 is 1.21 bits per heavy atom. The number of amides is 2. The lowest BCUT2D eigenvalue weighted by Crippen LogP contribution is -2.50. The minimum absolute atomic E-state index is 0.0711. The smallest absolute Gasteiger partial charge is 0.317 e. The topological polar surface area (TPSA) is 78.9 Å². The summed E-state index contributed by atoms with van der Waals surface area (Å²) in [7, 11) is 0. The minimum atomic E-state index is -0.808. The molecule has 0 aromatic rings. The highest BCUT2D eigenvalue weighted by atomic mass is 16.5. The van der Waals surface area contributed by atoms with Crippen LogP contribution in [0, 0.1) is 11.8 Å². The Kier molecular flexibility index (Phi) is 5.33. The molecule has 2 amide bonds. The van der Waals surface area contributed by atoms with E-state index in [-0.39, 0.29) is 23.7 Å². The Morgan fingerprint density at radius 2 is 1.96 bits per heavy atom. The van der Waals surface area contributed by atoms with Gasteiger partial charge in [0.15, 0.2) is 0 Å². The highest BCUT2D eigenvalue weighted by Gasteiger charge is 2.41. The molecule has 3 fully saturated rings. The van der Waals surface area contributed by atoms with Crippen molar-refractivity contribution < 1.29 is 19.4 Å². The first kappa shape index (κ1) is 17.5. The Morgan fingerprint density at radius 3 is 2.67 bits per heavy atom. The fourth-order valence-corrected chi connectivity index (χ4v) is 4.61. The fourth-order valence-electron chi connectivity index (χ4n) is 4.61. The summed E-state index contributed by atoms with van der Waals surface area (Å²) in [4.78, 5) is 25.3. The van der Waals surface area contributed by atoms with E-state index < -0.39 is 11.9 Å². The van der Waals surface area contributed by atoms with Crippen molar-refractivity contribution in [2.75, 3.05) is 19.6 Å². The lowest BCUT2D eigenvalue weighted by molar-refractivity contribution is -0.143. The van der Waals surface area contributed by atoms with E-state index in [0.717, 1.165) is 25.7 Å². The van der Waals surface area contributed by atoms with Crippen molar-refractivity contribution >= 4 is 12.0 Å². The Balaban J connectivity index is 1.46. The van der Waals surface area contributed by atoms with Crippen LogP contribution in [0.4, 0.5) is 4.79 Å². The zero-order valence-corrected chi connectivity index (χ0v) is 14.6. The van der Waals surface area contributed by atoms with Crippen LogP contribution in [0.2, 0.25) is 0 Å². The van der Waals surface area contributed by atoms with Crippen LogP contribution in [-0.2, 0) is 9.53 Å². The number of carboxylic acids is 1. The Hall–Kier alpha value is -1.30. The van der Waals surface area contributed by atoms with E-state index >= 15 is 0 Å². The highest BCUT2D eigenvalue weighted by molar-refractivity contribution is 5.76. The van der Waals surface area contributed by atoms with Crippen molar-refractivity contribution in [1.82, 2.24) is 10.2 Å².